The number of rotatable bonds is 4. The highest BCUT2D eigenvalue weighted by molar-refractivity contribution is 5.94. The first-order valence-corrected chi connectivity index (χ1v) is 7.12. The molecule has 1 fully saturated rings. The minimum atomic E-state index is -0.321. The second-order valence-electron chi connectivity index (χ2n) is 5.09. The van der Waals surface area contributed by atoms with Gasteiger partial charge < -0.3 is 9.47 Å². The lowest BCUT2D eigenvalue weighted by Crippen LogP contribution is -2.38. The molecule has 0 spiro atoms. The van der Waals surface area contributed by atoms with Crippen LogP contribution in [0.25, 0.3) is 10.9 Å². The zero-order valence-corrected chi connectivity index (χ0v) is 12.1. The molecule has 1 aromatic carbocycles. The fraction of sp³-hybridized carbons (Fsp3) is 0.467. The Kier molecular flexibility index (Phi) is 4.17. The average Bonchev–Trinajstić information content (AvgIpc) is 2.95. The predicted molar refractivity (Wildman–Crippen MR) is 78.3 cm³/mol. The number of carbonyl (C=O) groups is 1. The van der Waals surface area contributed by atoms with E-state index in [1.165, 1.54) is 7.11 Å². The van der Waals surface area contributed by atoms with Gasteiger partial charge in [0, 0.05) is 25.0 Å². The standard InChI is InChI=1S/C15H19N3O3/c1-20-15(19)12-2-3-14-13(10-12)11-16-18(14)5-4-17-6-8-21-9-7-17/h2-3,10-11H,4-9H2,1H3. The van der Waals surface area contributed by atoms with Crippen LogP contribution < -0.4 is 0 Å². The molecule has 3 rings (SSSR count). The van der Waals surface area contributed by atoms with Crippen LogP contribution >= 0.6 is 0 Å². The van der Waals surface area contributed by atoms with E-state index in [9.17, 15) is 4.79 Å². The summed E-state index contributed by atoms with van der Waals surface area (Å²) in [5, 5.41) is 5.37. The first kappa shape index (κ1) is 14.0. The topological polar surface area (TPSA) is 56.6 Å². The van der Waals surface area contributed by atoms with E-state index in [0.717, 1.165) is 50.3 Å². The number of hydrogen-bond donors (Lipinski definition) is 0. The Morgan fingerprint density at radius 3 is 2.90 bits per heavy atom. The Labute approximate surface area is 123 Å². The Hall–Kier alpha value is -1.92. The van der Waals surface area contributed by atoms with Crippen molar-refractivity contribution in [2.45, 2.75) is 6.54 Å². The number of carbonyl (C=O) groups excluding carboxylic acids is 1. The van der Waals surface area contributed by atoms with Gasteiger partial charge in [-0.3, -0.25) is 9.58 Å². The second-order valence-corrected chi connectivity index (χ2v) is 5.09. The monoisotopic (exact) mass is 289 g/mol. The zero-order chi connectivity index (χ0) is 14.7. The van der Waals surface area contributed by atoms with Gasteiger partial charge in [-0.2, -0.15) is 5.10 Å². The van der Waals surface area contributed by atoms with Crippen LogP contribution in [0.15, 0.2) is 24.4 Å². The van der Waals surface area contributed by atoms with Gasteiger partial charge in [0.05, 0.1) is 44.1 Å². The summed E-state index contributed by atoms with van der Waals surface area (Å²) >= 11 is 0. The van der Waals surface area contributed by atoms with Crippen molar-refractivity contribution < 1.29 is 14.3 Å². The molecular weight excluding hydrogens is 270 g/mol. The van der Waals surface area contributed by atoms with Crippen LogP contribution in [0, 0.1) is 0 Å². The molecule has 0 unspecified atom stereocenters. The number of nitrogens with zero attached hydrogens (tertiary/aromatic N) is 3. The van der Waals surface area contributed by atoms with E-state index in [0.29, 0.717) is 5.56 Å². The molecule has 1 aliphatic heterocycles. The van der Waals surface area contributed by atoms with Crippen molar-refractivity contribution in [2.24, 2.45) is 0 Å². The number of morpholine rings is 1. The van der Waals surface area contributed by atoms with E-state index in [1.54, 1.807) is 12.3 Å². The third kappa shape index (κ3) is 3.06. The summed E-state index contributed by atoms with van der Waals surface area (Å²) in [6, 6.07) is 5.52. The molecular formula is C15H19N3O3. The molecule has 2 aromatic rings. The lowest BCUT2D eigenvalue weighted by Gasteiger charge is -2.26. The minimum absolute atomic E-state index is 0.321. The minimum Gasteiger partial charge on any atom is -0.465 e. The van der Waals surface area contributed by atoms with Gasteiger partial charge in [0.25, 0.3) is 0 Å². The third-order valence-corrected chi connectivity index (χ3v) is 3.79. The van der Waals surface area contributed by atoms with Crippen molar-refractivity contribution in [1.82, 2.24) is 14.7 Å². The van der Waals surface area contributed by atoms with Gasteiger partial charge >= 0.3 is 5.97 Å². The molecule has 0 saturated carbocycles. The van der Waals surface area contributed by atoms with Crippen LogP contribution in [0.1, 0.15) is 10.4 Å². The molecule has 1 aromatic heterocycles. The molecule has 0 bridgehead atoms. The molecule has 6 heteroatoms. The van der Waals surface area contributed by atoms with E-state index in [2.05, 4.69) is 10.00 Å². The van der Waals surface area contributed by atoms with Crippen LogP contribution in [0.3, 0.4) is 0 Å². The number of ether oxygens (including phenoxy) is 2. The van der Waals surface area contributed by atoms with Crippen molar-refractivity contribution in [1.29, 1.82) is 0 Å². The first-order valence-electron chi connectivity index (χ1n) is 7.12. The fourth-order valence-corrected chi connectivity index (χ4v) is 2.57. The second kappa shape index (κ2) is 6.24. The number of fused-ring (bicyclic) bond motifs is 1. The normalized spacial score (nSPS) is 16.2. The van der Waals surface area contributed by atoms with E-state index in [1.807, 2.05) is 16.8 Å². The number of hydrogen-bond acceptors (Lipinski definition) is 5. The Balaban J connectivity index is 1.72. The van der Waals surface area contributed by atoms with Crippen molar-refractivity contribution in [2.75, 3.05) is 40.0 Å². The summed E-state index contributed by atoms with van der Waals surface area (Å²) in [5.41, 5.74) is 1.59. The van der Waals surface area contributed by atoms with Gasteiger partial charge in [-0.25, -0.2) is 4.79 Å². The number of aromatic nitrogens is 2. The van der Waals surface area contributed by atoms with Crippen molar-refractivity contribution in [3.05, 3.63) is 30.0 Å². The van der Waals surface area contributed by atoms with Crippen molar-refractivity contribution in [3.8, 4) is 0 Å². The highest BCUT2D eigenvalue weighted by Crippen LogP contribution is 2.16. The molecule has 1 saturated heterocycles. The van der Waals surface area contributed by atoms with Crippen molar-refractivity contribution in [3.63, 3.8) is 0 Å². The summed E-state index contributed by atoms with van der Waals surface area (Å²) in [5.74, 6) is -0.321. The average molecular weight is 289 g/mol. The Bertz CT molecular complexity index is 632. The Morgan fingerprint density at radius 1 is 1.33 bits per heavy atom. The van der Waals surface area contributed by atoms with Gasteiger partial charge in [0.1, 0.15) is 0 Å². The quantitative estimate of drug-likeness (QED) is 0.790. The highest BCUT2D eigenvalue weighted by Gasteiger charge is 2.12. The van der Waals surface area contributed by atoms with Gasteiger partial charge in [-0.1, -0.05) is 0 Å². The van der Waals surface area contributed by atoms with Crippen molar-refractivity contribution >= 4 is 16.9 Å². The SMILES string of the molecule is COC(=O)c1ccc2c(cnn2CCN2CCOCC2)c1. The van der Waals surface area contributed by atoms with Gasteiger partial charge in [0.2, 0.25) is 0 Å². The molecule has 2 heterocycles. The number of esters is 1. The predicted octanol–water partition coefficient (Wildman–Crippen LogP) is 1.16. The highest BCUT2D eigenvalue weighted by atomic mass is 16.5. The van der Waals surface area contributed by atoms with Gasteiger partial charge in [0.15, 0.2) is 0 Å². The van der Waals surface area contributed by atoms with E-state index in [4.69, 9.17) is 9.47 Å². The first-order chi connectivity index (χ1) is 10.3. The fourth-order valence-electron chi connectivity index (χ4n) is 2.57. The zero-order valence-electron chi connectivity index (χ0n) is 12.1. The number of methoxy groups -OCH3 is 1. The van der Waals surface area contributed by atoms with Crippen LogP contribution in [0.5, 0.6) is 0 Å². The summed E-state index contributed by atoms with van der Waals surface area (Å²) in [6.45, 7) is 5.36. The van der Waals surface area contributed by atoms with E-state index in [-0.39, 0.29) is 5.97 Å². The summed E-state index contributed by atoms with van der Waals surface area (Å²) in [4.78, 5) is 13.9. The molecule has 21 heavy (non-hydrogen) atoms. The smallest absolute Gasteiger partial charge is 0.337 e. The lowest BCUT2D eigenvalue weighted by atomic mass is 10.1. The molecule has 0 radical (unpaired) electrons. The maximum absolute atomic E-state index is 11.5. The van der Waals surface area contributed by atoms with Crippen LogP contribution in [-0.2, 0) is 16.0 Å². The lowest BCUT2D eigenvalue weighted by molar-refractivity contribution is 0.0361. The van der Waals surface area contributed by atoms with Gasteiger partial charge in [-0.15, -0.1) is 0 Å². The molecule has 112 valence electrons. The largest absolute Gasteiger partial charge is 0.465 e. The third-order valence-electron chi connectivity index (χ3n) is 3.79. The molecule has 0 aliphatic carbocycles. The van der Waals surface area contributed by atoms with Crippen LogP contribution in [0.4, 0.5) is 0 Å². The summed E-state index contributed by atoms with van der Waals surface area (Å²) in [7, 11) is 1.39. The van der Waals surface area contributed by atoms with Gasteiger partial charge in [-0.05, 0) is 18.2 Å². The summed E-state index contributed by atoms with van der Waals surface area (Å²) < 4.78 is 12.1. The Morgan fingerprint density at radius 2 is 2.14 bits per heavy atom. The van der Waals surface area contributed by atoms with Crippen LogP contribution in [0.2, 0.25) is 0 Å². The maximum atomic E-state index is 11.5. The summed E-state index contributed by atoms with van der Waals surface area (Å²) in [6.07, 6.45) is 1.79. The molecule has 0 N–H and O–H groups in total. The molecule has 6 nitrogen and oxygen atoms in total. The molecule has 0 amide bonds. The molecule has 0 atom stereocenters. The van der Waals surface area contributed by atoms with Crippen LogP contribution in [-0.4, -0.2) is 60.6 Å². The number of benzene rings is 1. The maximum Gasteiger partial charge on any atom is 0.337 e. The van der Waals surface area contributed by atoms with E-state index < -0.39 is 0 Å². The molecule has 1 aliphatic rings. The van der Waals surface area contributed by atoms with E-state index >= 15 is 0 Å².